The average Bonchev–Trinajstić information content (AvgIpc) is 3.35. The zero-order chi connectivity index (χ0) is 28.8. The first-order valence-electron chi connectivity index (χ1n) is 14.3. The molecule has 0 amide bonds. The van der Waals surface area contributed by atoms with Crippen LogP contribution in [0, 0.1) is 20.8 Å². The third kappa shape index (κ3) is 4.34. The summed E-state index contributed by atoms with van der Waals surface area (Å²) in [6, 6.07) is 33.0. The van der Waals surface area contributed by atoms with Crippen molar-refractivity contribution < 1.29 is 4.74 Å². The van der Waals surface area contributed by atoms with Gasteiger partial charge in [-0.15, -0.1) is 0 Å². The van der Waals surface area contributed by atoms with Gasteiger partial charge in [-0.1, -0.05) is 48.5 Å². The highest BCUT2D eigenvalue weighted by Gasteiger charge is 2.41. The van der Waals surface area contributed by atoms with E-state index in [4.69, 9.17) is 19.8 Å². The van der Waals surface area contributed by atoms with Gasteiger partial charge < -0.3 is 15.0 Å². The molecular formula is C35H32N6O. The number of para-hydroxylation sites is 3. The lowest BCUT2D eigenvalue weighted by atomic mass is 9.93. The van der Waals surface area contributed by atoms with Crippen molar-refractivity contribution in [2.75, 3.05) is 16.8 Å². The highest BCUT2D eigenvalue weighted by Crippen LogP contribution is 2.48. The Morgan fingerprint density at radius 1 is 0.810 bits per heavy atom. The van der Waals surface area contributed by atoms with Crippen LogP contribution in [0.3, 0.4) is 0 Å². The van der Waals surface area contributed by atoms with Gasteiger partial charge in [0.1, 0.15) is 5.75 Å². The van der Waals surface area contributed by atoms with Gasteiger partial charge in [-0.05, 0) is 92.9 Å². The van der Waals surface area contributed by atoms with E-state index in [1.165, 1.54) is 11.1 Å². The number of aromatic nitrogens is 2. The van der Waals surface area contributed by atoms with Crippen LogP contribution >= 0.6 is 0 Å². The maximum absolute atomic E-state index is 5.78. The monoisotopic (exact) mass is 552 g/mol. The van der Waals surface area contributed by atoms with E-state index in [9.17, 15) is 0 Å². The minimum atomic E-state index is -0.186. The maximum atomic E-state index is 5.78. The second-order valence-electron chi connectivity index (χ2n) is 10.7. The first-order valence-corrected chi connectivity index (χ1v) is 14.3. The number of aryl methyl sites for hydroxylation is 3. The number of nitrogens with one attached hydrogen (secondary N) is 1. The normalized spacial score (nSPS) is 15.2. The molecule has 0 saturated heterocycles. The Morgan fingerprint density at radius 2 is 1.57 bits per heavy atom. The number of hydrogen-bond acceptors (Lipinski definition) is 6. The minimum absolute atomic E-state index is 0.186. The summed E-state index contributed by atoms with van der Waals surface area (Å²) >= 11 is 0. The minimum Gasteiger partial charge on any atom is -0.494 e. The maximum Gasteiger partial charge on any atom is 0.179 e. The molecule has 1 unspecified atom stereocenters. The number of anilines is 2. The van der Waals surface area contributed by atoms with E-state index in [0.717, 1.165) is 57.0 Å². The molecule has 0 radical (unpaired) electrons. The van der Waals surface area contributed by atoms with E-state index in [1.54, 1.807) is 0 Å². The van der Waals surface area contributed by atoms with Crippen LogP contribution in [0.2, 0.25) is 0 Å². The van der Waals surface area contributed by atoms with Crippen LogP contribution < -0.4 is 15.0 Å². The lowest BCUT2D eigenvalue weighted by molar-refractivity contribution is 0.340. The summed E-state index contributed by atoms with van der Waals surface area (Å²) in [6.07, 6.45) is 0. The second-order valence-corrected chi connectivity index (χ2v) is 10.7. The quantitative estimate of drug-likeness (QED) is 0.240. The molecular weight excluding hydrogens is 520 g/mol. The highest BCUT2D eigenvalue weighted by molar-refractivity contribution is 6.51. The van der Waals surface area contributed by atoms with Crippen molar-refractivity contribution in [1.82, 2.24) is 9.78 Å². The Hall–Kier alpha value is -5.17. The molecule has 2 aliphatic heterocycles. The van der Waals surface area contributed by atoms with Gasteiger partial charge in [0.15, 0.2) is 17.5 Å². The lowest BCUT2D eigenvalue weighted by Gasteiger charge is -2.40. The molecule has 5 aromatic rings. The fourth-order valence-corrected chi connectivity index (χ4v) is 5.73. The molecule has 7 heteroatoms. The summed E-state index contributed by atoms with van der Waals surface area (Å²) in [5.41, 5.74) is 9.38. The molecule has 1 atom stereocenters. The molecule has 0 aliphatic carbocycles. The van der Waals surface area contributed by atoms with E-state index in [-0.39, 0.29) is 6.04 Å². The third-order valence-electron chi connectivity index (χ3n) is 7.92. The molecule has 1 aromatic heterocycles. The summed E-state index contributed by atoms with van der Waals surface area (Å²) in [6.45, 7) is 8.93. The number of hydrogen-bond donors (Lipinski definition) is 1. The summed E-state index contributed by atoms with van der Waals surface area (Å²) < 4.78 is 7.73. The van der Waals surface area contributed by atoms with Gasteiger partial charge in [0, 0.05) is 11.3 Å². The molecule has 2 aliphatic rings. The molecule has 0 saturated carbocycles. The topological polar surface area (TPSA) is 67.0 Å². The van der Waals surface area contributed by atoms with Gasteiger partial charge in [-0.2, -0.15) is 5.10 Å². The molecule has 208 valence electrons. The summed E-state index contributed by atoms with van der Waals surface area (Å²) in [7, 11) is 0. The number of amidine groups is 2. The number of fused-ring (bicyclic) bond motifs is 4. The third-order valence-corrected chi connectivity index (χ3v) is 7.92. The van der Waals surface area contributed by atoms with Crippen molar-refractivity contribution in [1.29, 1.82) is 0 Å². The Labute approximate surface area is 245 Å². The van der Waals surface area contributed by atoms with E-state index in [0.29, 0.717) is 12.4 Å². The Bertz CT molecular complexity index is 1850. The van der Waals surface area contributed by atoms with Gasteiger partial charge in [-0.25, -0.2) is 14.7 Å². The molecule has 1 N–H and O–H groups in total. The van der Waals surface area contributed by atoms with Crippen LogP contribution in [0.25, 0.3) is 5.69 Å². The molecule has 0 bridgehead atoms. The van der Waals surface area contributed by atoms with Gasteiger partial charge in [0.2, 0.25) is 0 Å². The molecule has 4 aromatic carbocycles. The van der Waals surface area contributed by atoms with Crippen molar-refractivity contribution in [2.24, 2.45) is 9.98 Å². The first kappa shape index (κ1) is 25.8. The average molecular weight is 553 g/mol. The number of nitrogens with zero attached hydrogens (tertiary/aromatic N) is 5. The number of benzene rings is 4. The predicted octanol–water partition coefficient (Wildman–Crippen LogP) is 7.99. The van der Waals surface area contributed by atoms with Crippen molar-refractivity contribution in [3.05, 3.63) is 125 Å². The predicted molar refractivity (Wildman–Crippen MR) is 170 cm³/mol. The number of ether oxygens (including phenoxy) is 1. The van der Waals surface area contributed by atoms with Crippen molar-refractivity contribution in [3.63, 3.8) is 0 Å². The molecule has 0 spiro atoms. The summed E-state index contributed by atoms with van der Waals surface area (Å²) in [5.74, 6) is 3.09. The van der Waals surface area contributed by atoms with Crippen molar-refractivity contribution in [2.45, 2.75) is 33.7 Å². The molecule has 7 nitrogen and oxygen atoms in total. The molecule has 42 heavy (non-hydrogen) atoms. The van der Waals surface area contributed by atoms with Crippen LogP contribution in [0.15, 0.2) is 107 Å². The van der Waals surface area contributed by atoms with Crippen molar-refractivity contribution in [3.8, 4) is 11.4 Å². The van der Waals surface area contributed by atoms with Crippen LogP contribution in [0.5, 0.6) is 5.75 Å². The van der Waals surface area contributed by atoms with E-state index in [2.05, 4.69) is 91.7 Å². The van der Waals surface area contributed by atoms with Crippen LogP contribution in [0.1, 0.15) is 40.9 Å². The SMILES string of the molecule is CCOc1ccc(C2c3c(C)nn(-c4ccccc4)c3N=C3C(Nc4ccc(C)c(C)c4)=Nc4ccccc4N32)cc1. The summed E-state index contributed by atoms with van der Waals surface area (Å²) in [5, 5.41) is 8.64. The molecule has 0 fully saturated rings. The van der Waals surface area contributed by atoms with E-state index in [1.807, 2.05) is 48.0 Å². The first-order chi connectivity index (χ1) is 20.5. The van der Waals surface area contributed by atoms with E-state index < -0.39 is 0 Å². The lowest BCUT2D eigenvalue weighted by Crippen LogP contribution is -2.46. The molecule has 3 heterocycles. The fraction of sp³-hybridized carbons (Fsp3) is 0.171. The fourth-order valence-electron chi connectivity index (χ4n) is 5.73. The largest absolute Gasteiger partial charge is 0.494 e. The van der Waals surface area contributed by atoms with Crippen LogP contribution in [-0.4, -0.2) is 28.1 Å². The standard InChI is InChI=1S/C35H32N6O/c1-5-42-28-19-16-25(17-20-28)32-31-24(4)39-41(27-11-7-6-8-12-27)34(31)38-35-33(36-26-18-15-22(2)23(3)21-26)37-29-13-9-10-14-30(29)40(32)35/h6-21,32H,5H2,1-4H3,(H,36,37). The zero-order valence-electron chi connectivity index (χ0n) is 24.2. The van der Waals surface area contributed by atoms with Crippen LogP contribution in [0.4, 0.5) is 22.9 Å². The van der Waals surface area contributed by atoms with Gasteiger partial charge >= 0.3 is 0 Å². The van der Waals surface area contributed by atoms with Gasteiger partial charge in [-0.3, -0.25) is 0 Å². The molecule has 7 rings (SSSR count). The Kier molecular flexibility index (Phi) is 6.35. The summed E-state index contributed by atoms with van der Waals surface area (Å²) in [4.78, 5) is 12.7. The second kappa shape index (κ2) is 10.3. The Balaban J connectivity index is 1.46. The van der Waals surface area contributed by atoms with E-state index >= 15 is 0 Å². The van der Waals surface area contributed by atoms with Crippen LogP contribution in [-0.2, 0) is 0 Å². The zero-order valence-corrected chi connectivity index (χ0v) is 24.2. The number of rotatable bonds is 5. The Morgan fingerprint density at radius 3 is 2.33 bits per heavy atom. The van der Waals surface area contributed by atoms with Gasteiger partial charge in [0.05, 0.1) is 35.4 Å². The highest BCUT2D eigenvalue weighted by atomic mass is 16.5. The van der Waals surface area contributed by atoms with Gasteiger partial charge in [0.25, 0.3) is 0 Å². The van der Waals surface area contributed by atoms with Crippen molar-refractivity contribution >= 4 is 34.6 Å². The smallest absolute Gasteiger partial charge is 0.179 e. The number of aliphatic imine (C=N–C) groups is 2.